The average Bonchev–Trinajstić information content (AvgIpc) is 2.91. The summed E-state index contributed by atoms with van der Waals surface area (Å²) in [6.07, 6.45) is -3.23. The maximum Gasteiger partial charge on any atom is 0.417 e. The van der Waals surface area contributed by atoms with E-state index in [1.54, 1.807) is 44.7 Å². The Labute approximate surface area is 200 Å². The van der Waals surface area contributed by atoms with Crippen LogP contribution in [-0.2, 0) is 17.5 Å². The molecule has 0 spiro atoms. The second kappa shape index (κ2) is 8.85. The molecule has 180 valence electrons. The second-order valence-electron chi connectivity index (χ2n) is 9.01. The van der Waals surface area contributed by atoms with E-state index >= 15 is 0 Å². The third-order valence-electron chi connectivity index (χ3n) is 5.22. The number of hydrogen-bond donors (Lipinski definition) is 1. The van der Waals surface area contributed by atoms with Gasteiger partial charge < -0.3 is 14.7 Å². The quantitative estimate of drug-likeness (QED) is 0.609. The first-order valence-electron chi connectivity index (χ1n) is 10.2. The average molecular weight is 493 g/mol. The highest BCUT2D eigenvalue weighted by atomic mass is 32.1. The second-order valence-corrected chi connectivity index (χ2v) is 9.38. The predicted octanol–water partition coefficient (Wildman–Crippen LogP) is 4.03. The van der Waals surface area contributed by atoms with Crippen molar-refractivity contribution in [2.45, 2.75) is 51.6 Å². The van der Waals surface area contributed by atoms with E-state index in [1.807, 2.05) is 0 Å². The molecule has 1 N–H and O–H groups in total. The fraction of sp³-hybridized carbons (Fsp3) is 0.391. The summed E-state index contributed by atoms with van der Waals surface area (Å²) in [7, 11) is 0. The summed E-state index contributed by atoms with van der Waals surface area (Å²) in [4.78, 5) is 20.0. The third-order valence-corrected chi connectivity index (χ3v) is 5.63. The molecule has 0 bridgehead atoms. The molecule has 1 aromatic carbocycles. The van der Waals surface area contributed by atoms with E-state index in [0.717, 1.165) is 17.0 Å². The summed E-state index contributed by atoms with van der Waals surface area (Å²) in [6, 6.07) is 7.92. The molecule has 0 atom stereocenters. The minimum absolute atomic E-state index is 0.0372. The number of pyridine rings is 1. The normalized spacial score (nSPS) is 16.1. The van der Waals surface area contributed by atoms with Crippen molar-refractivity contribution in [2.24, 2.45) is 0 Å². The first kappa shape index (κ1) is 25.4. The number of nitrogens with zero attached hydrogens (tertiary/aromatic N) is 4. The maximum atomic E-state index is 13.4. The van der Waals surface area contributed by atoms with Crippen LogP contribution in [0.2, 0.25) is 0 Å². The van der Waals surface area contributed by atoms with Crippen LogP contribution in [0.5, 0.6) is 5.88 Å². The van der Waals surface area contributed by atoms with E-state index < -0.39 is 34.4 Å². The number of amides is 1. The van der Waals surface area contributed by atoms with E-state index in [-0.39, 0.29) is 24.0 Å². The summed E-state index contributed by atoms with van der Waals surface area (Å²) in [6.45, 7) is 6.69. The molecule has 2 heterocycles. The number of aromatic nitrogens is 1. The molecule has 0 aliphatic carbocycles. The summed E-state index contributed by atoms with van der Waals surface area (Å²) in [5, 5.41) is 18.8. The Balaban J connectivity index is 1.87. The Morgan fingerprint density at radius 2 is 1.91 bits per heavy atom. The van der Waals surface area contributed by atoms with Crippen molar-refractivity contribution in [3.8, 4) is 11.9 Å². The molecule has 1 aliphatic heterocycles. The van der Waals surface area contributed by atoms with Crippen molar-refractivity contribution in [3.63, 3.8) is 0 Å². The van der Waals surface area contributed by atoms with Crippen molar-refractivity contribution in [1.82, 2.24) is 9.88 Å². The van der Waals surface area contributed by atoms with Crippen molar-refractivity contribution in [1.29, 1.82) is 5.26 Å². The lowest BCUT2D eigenvalue weighted by atomic mass is 10.0. The van der Waals surface area contributed by atoms with Gasteiger partial charge in [-0.3, -0.25) is 9.69 Å². The maximum absolute atomic E-state index is 13.4. The summed E-state index contributed by atoms with van der Waals surface area (Å²) in [5.41, 5.74) is -3.21. The lowest BCUT2D eigenvalue weighted by Crippen LogP contribution is -2.43. The van der Waals surface area contributed by atoms with Crippen LogP contribution in [0.25, 0.3) is 0 Å². The SMILES string of the molecule is CC(C)(O)COc1ccc(CN2C(=S)N(c3ccc(C#N)c(C(F)(F)F)c3)C(=O)C2(C)C)cn1. The van der Waals surface area contributed by atoms with Gasteiger partial charge in [-0.2, -0.15) is 18.4 Å². The van der Waals surface area contributed by atoms with Crippen LogP contribution in [-0.4, -0.2) is 43.8 Å². The van der Waals surface area contributed by atoms with Crippen LogP contribution in [0, 0.1) is 11.3 Å². The van der Waals surface area contributed by atoms with Crippen molar-refractivity contribution in [3.05, 3.63) is 53.2 Å². The molecule has 0 unspecified atom stereocenters. The molecular weight excluding hydrogens is 469 g/mol. The van der Waals surface area contributed by atoms with Gasteiger partial charge in [-0.25, -0.2) is 4.98 Å². The number of alkyl halides is 3. The number of rotatable bonds is 6. The zero-order chi connectivity index (χ0) is 25.5. The largest absolute Gasteiger partial charge is 0.475 e. The van der Waals surface area contributed by atoms with E-state index in [1.165, 1.54) is 18.3 Å². The number of nitriles is 1. The monoisotopic (exact) mass is 492 g/mol. The van der Waals surface area contributed by atoms with Crippen molar-refractivity contribution < 1.29 is 27.8 Å². The topological polar surface area (TPSA) is 89.7 Å². The number of thiocarbonyl (C=S) groups is 1. The molecule has 1 aromatic heterocycles. The van der Waals surface area contributed by atoms with E-state index in [4.69, 9.17) is 22.2 Å². The number of halogens is 3. The zero-order valence-corrected chi connectivity index (χ0v) is 19.8. The van der Waals surface area contributed by atoms with Gasteiger partial charge in [-0.05, 0) is 63.7 Å². The van der Waals surface area contributed by atoms with Crippen LogP contribution in [0.15, 0.2) is 36.5 Å². The third kappa shape index (κ3) is 5.13. The Hall–Kier alpha value is -3.23. The first-order chi connectivity index (χ1) is 15.6. The smallest absolute Gasteiger partial charge is 0.417 e. The van der Waals surface area contributed by atoms with Gasteiger partial charge >= 0.3 is 6.18 Å². The molecule has 1 amide bonds. The molecule has 1 fully saturated rings. The van der Waals surface area contributed by atoms with Crippen LogP contribution >= 0.6 is 12.2 Å². The number of anilines is 1. The van der Waals surface area contributed by atoms with Gasteiger partial charge in [0.2, 0.25) is 5.88 Å². The summed E-state index contributed by atoms with van der Waals surface area (Å²) in [5.74, 6) is -0.183. The van der Waals surface area contributed by atoms with E-state index in [2.05, 4.69) is 4.98 Å². The number of ether oxygens (including phenoxy) is 1. The molecule has 1 saturated heterocycles. The van der Waals surface area contributed by atoms with Crippen molar-refractivity contribution >= 4 is 28.9 Å². The van der Waals surface area contributed by atoms with Gasteiger partial charge in [0.15, 0.2) is 5.11 Å². The lowest BCUT2D eigenvalue weighted by molar-refractivity contribution is -0.137. The van der Waals surface area contributed by atoms with Gasteiger partial charge in [-0.15, -0.1) is 0 Å². The fourth-order valence-corrected chi connectivity index (χ4v) is 3.84. The van der Waals surface area contributed by atoms with Crippen LogP contribution in [0.4, 0.5) is 18.9 Å². The van der Waals surface area contributed by atoms with Crippen LogP contribution in [0.3, 0.4) is 0 Å². The molecule has 11 heteroatoms. The summed E-state index contributed by atoms with van der Waals surface area (Å²) >= 11 is 5.49. The Morgan fingerprint density at radius 1 is 1.24 bits per heavy atom. The zero-order valence-electron chi connectivity index (χ0n) is 19.0. The Kier molecular flexibility index (Phi) is 6.61. The lowest BCUT2D eigenvalue weighted by Gasteiger charge is -2.29. The number of carbonyl (C=O) groups excluding carboxylic acids is 1. The predicted molar refractivity (Wildman–Crippen MR) is 122 cm³/mol. The number of benzene rings is 1. The van der Waals surface area contributed by atoms with Gasteiger partial charge in [0.1, 0.15) is 12.1 Å². The van der Waals surface area contributed by atoms with Gasteiger partial charge in [-0.1, -0.05) is 6.07 Å². The van der Waals surface area contributed by atoms with E-state index in [0.29, 0.717) is 11.4 Å². The fourth-order valence-electron chi connectivity index (χ4n) is 3.36. The highest BCUT2D eigenvalue weighted by molar-refractivity contribution is 7.80. The molecule has 0 radical (unpaired) electrons. The van der Waals surface area contributed by atoms with E-state index in [9.17, 15) is 23.1 Å². The van der Waals surface area contributed by atoms with Gasteiger partial charge in [0.25, 0.3) is 5.91 Å². The number of aliphatic hydroxyl groups is 1. The standard InChI is InChI=1S/C23H23F3N4O3S/c1-21(2,32)13-33-18-8-5-14(11-28-18)12-29-20(34)30(19(31)22(29,3)4)16-7-6-15(10-27)17(9-16)23(24,25)26/h5-9,11,32H,12-13H2,1-4H3. The summed E-state index contributed by atoms with van der Waals surface area (Å²) < 4.78 is 45.7. The molecule has 2 aromatic rings. The van der Waals surface area contributed by atoms with Gasteiger partial charge in [0.05, 0.1) is 28.5 Å². The molecule has 0 saturated carbocycles. The molecule has 7 nitrogen and oxygen atoms in total. The Bertz CT molecular complexity index is 1150. The number of hydrogen-bond acceptors (Lipinski definition) is 6. The molecule has 34 heavy (non-hydrogen) atoms. The van der Waals surface area contributed by atoms with Gasteiger partial charge in [0, 0.05) is 18.8 Å². The highest BCUT2D eigenvalue weighted by Crippen LogP contribution is 2.38. The molecular formula is C23H23F3N4O3S. The van der Waals surface area contributed by atoms with Crippen LogP contribution < -0.4 is 9.64 Å². The Morgan fingerprint density at radius 3 is 2.44 bits per heavy atom. The molecule has 1 aliphatic rings. The number of carbonyl (C=O) groups is 1. The van der Waals surface area contributed by atoms with Crippen LogP contribution in [0.1, 0.15) is 44.4 Å². The minimum Gasteiger partial charge on any atom is -0.475 e. The minimum atomic E-state index is -4.76. The van der Waals surface area contributed by atoms with Crippen molar-refractivity contribution in [2.75, 3.05) is 11.5 Å². The first-order valence-corrected chi connectivity index (χ1v) is 10.6. The highest BCUT2D eigenvalue weighted by Gasteiger charge is 2.49. The molecule has 3 rings (SSSR count).